The first-order valence-corrected chi connectivity index (χ1v) is 3.66. The zero-order chi connectivity index (χ0) is 8.91. The second kappa shape index (κ2) is 4.14. The van der Waals surface area contributed by atoms with Gasteiger partial charge in [-0.2, -0.15) is 0 Å². The monoisotopic (exact) mass is 152 g/mol. The molecule has 0 aromatic heterocycles. The third-order valence-corrected chi connectivity index (χ3v) is 1.19. The first-order chi connectivity index (χ1) is 4.95. The molecular formula is C10H16O. The fraction of sp³-hybridized carbons (Fsp3) is 0.400. The van der Waals surface area contributed by atoms with Crippen LogP contribution in [0.5, 0.6) is 0 Å². The first kappa shape index (κ1) is 10.2. The molecular weight excluding hydrogens is 136 g/mol. The highest BCUT2D eigenvalue weighted by Gasteiger charge is 2.04. The summed E-state index contributed by atoms with van der Waals surface area (Å²) < 4.78 is 0. The molecule has 0 radical (unpaired) electrons. The molecule has 0 saturated carbocycles. The third-order valence-electron chi connectivity index (χ3n) is 1.19. The highest BCUT2D eigenvalue weighted by molar-refractivity contribution is 5.20. The number of hydrogen-bond acceptors (Lipinski definition) is 1. The van der Waals surface area contributed by atoms with Crippen LogP contribution >= 0.6 is 0 Å². The van der Waals surface area contributed by atoms with Crippen LogP contribution in [-0.4, -0.2) is 10.7 Å². The highest BCUT2D eigenvalue weighted by Crippen LogP contribution is 2.03. The van der Waals surface area contributed by atoms with Gasteiger partial charge in [0.1, 0.15) is 0 Å². The summed E-state index contributed by atoms with van der Waals surface area (Å²) >= 11 is 0. The summed E-state index contributed by atoms with van der Waals surface area (Å²) in [4.78, 5) is 0. The summed E-state index contributed by atoms with van der Waals surface area (Å²) in [6, 6.07) is 0. The predicted octanol–water partition coefficient (Wildman–Crippen LogP) is 2.45. The molecule has 0 spiro atoms. The van der Waals surface area contributed by atoms with Gasteiger partial charge in [-0.05, 0) is 20.8 Å². The average Bonchev–Trinajstić information content (AvgIpc) is 1.85. The molecule has 0 aliphatic carbocycles. The second-order valence-electron chi connectivity index (χ2n) is 3.13. The molecule has 1 heteroatoms. The minimum Gasteiger partial charge on any atom is -0.386 e. The molecule has 62 valence electrons. The maximum Gasteiger partial charge on any atom is 0.0774 e. The van der Waals surface area contributed by atoms with E-state index in [-0.39, 0.29) is 0 Å². The van der Waals surface area contributed by atoms with Gasteiger partial charge in [-0.3, -0.25) is 0 Å². The highest BCUT2D eigenvalue weighted by atomic mass is 16.3. The van der Waals surface area contributed by atoms with Gasteiger partial charge in [-0.25, -0.2) is 0 Å². The van der Waals surface area contributed by atoms with Crippen LogP contribution in [0.1, 0.15) is 20.8 Å². The molecule has 0 saturated heterocycles. The Morgan fingerprint density at radius 3 is 2.36 bits per heavy atom. The van der Waals surface area contributed by atoms with E-state index >= 15 is 0 Å². The lowest BCUT2D eigenvalue weighted by Gasteiger charge is -2.08. The molecule has 0 aromatic rings. The van der Waals surface area contributed by atoms with Crippen molar-refractivity contribution in [1.82, 2.24) is 0 Å². The van der Waals surface area contributed by atoms with E-state index in [0.29, 0.717) is 0 Å². The maximum atomic E-state index is 9.26. The van der Waals surface area contributed by atoms with Crippen molar-refractivity contribution < 1.29 is 5.11 Å². The fourth-order valence-corrected chi connectivity index (χ4v) is 0.503. The van der Waals surface area contributed by atoms with Crippen molar-refractivity contribution in [2.75, 3.05) is 0 Å². The zero-order valence-electron chi connectivity index (χ0n) is 7.46. The van der Waals surface area contributed by atoms with Gasteiger partial charge in [-0.1, -0.05) is 36.5 Å². The minimum absolute atomic E-state index is 0.724. The van der Waals surface area contributed by atoms with Crippen molar-refractivity contribution in [1.29, 1.82) is 0 Å². The van der Waals surface area contributed by atoms with Gasteiger partial charge in [0.15, 0.2) is 0 Å². The molecule has 0 amide bonds. The smallest absolute Gasteiger partial charge is 0.0774 e. The fourth-order valence-electron chi connectivity index (χ4n) is 0.503. The zero-order valence-corrected chi connectivity index (χ0v) is 7.46. The van der Waals surface area contributed by atoms with Gasteiger partial charge in [0.05, 0.1) is 5.60 Å². The molecule has 11 heavy (non-hydrogen) atoms. The average molecular weight is 152 g/mol. The first-order valence-electron chi connectivity index (χ1n) is 3.66. The molecule has 1 N–H and O–H groups in total. The van der Waals surface area contributed by atoms with E-state index in [4.69, 9.17) is 0 Å². The molecule has 0 unspecified atom stereocenters. The quantitative estimate of drug-likeness (QED) is 0.616. The van der Waals surface area contributed by atoms with Crippen molar-refractivity contribution >= 4 is 0 Å². The Morgan fingerprint density at radius 1 is 1.45 bits per heavy atom. The Bertz CT molecular complexity index is 180. The number of aliphatic hydroxyl groups is 1. The number of hydrogen-bond donors (Lipinski definition) is 1. The number of allylic oxidation sites excluding steroid dienone is 4. The van der Waals surface area contributed by atoms with Crippen molar-refractivity contribution in [3.8, 4) is 0 Å². The van der Waals surface area contributed by atoms with E-state index < -0.39 is 5.60 Å². The second-order valence-corrected chi connectivity index (χ2v) is 3.13. The summed E-state index contributed by atoms with van der Waals surface area (Å²) in [5.74, 6) is 0. The van der Waals surface area contributed by atoms with Crippen molar-refractivity contribution in [2.45, 2.75) is 26.4 Å². The Morgan fingerprint density at radius 2 is 2.00 bits per heavy atom. The van der Waals surface area contributed by atoms with Gasteiger partial charge in [0.25, 0.3) is 0 Å². The summed E-state index contributed by atoms with van der Waals surface area (Å²) in [7, 11) is 0. The van der Waals surface area contributed by atoms with E-state index in [0.717, 1.165) is 5.57 Å². The van der Waals surface area contributed by atoms with Crippen LogP contribution < -0.4 is 0 Å². The molecule has 0 atom stereocenters. The topological polar surface area (TPSA) is 20.2 Å². The Labute approximate surface area is 68.7 Å². The molecule has 0 rings (SSSR count). The van der Waals surface area contributed by atoms with Crippen LogP contribution in [0, 0.1) is 0 Å². The van der Waals surface area contributed by atoms with E-state index in [2.05, 4.69) is 6.58 Å². The van der Waals surface area contributed by atoms with Gasteiger partial charge < -0.3 is 5.11 Å². The standard InChI is InChI=1S/C10H16O/c1-5-9(2)7-6-8-10(3,4)11/h5-8,11H,1H2,2-4H3/b8-6+,9-7+. The SMILES string of the molecule is C=C/C(C)=C/C=C/C(C)(C)O. The van der Waals surface area contributed by atoms with Crippen molar-refractivity contribution in [3.05, 3.63) is 36.5 Å². The van der Waals surface area contributed by atoms with Gasteiger partial charge >= 0.3 is 0 Å². The Kier molecular flexibility index (Phi) is 3.83. The molecule has 0 heterocycles. The lowest BCUT2D eigenvalue weighted by molar-refractivity contribution is 0.133. The molecule has 0 aliphatic rings. The lowest BCUT2D eigenvalue weighted by Crippen LogP contribution is -2.13. The molecule has 0 bridgehead atoms. The van der Waals surface area contributed by atoms with Crippen LogP contribution in [0.4, 0.5) is 0 Å². The van der Waals surface area contributed by atoms with E-state index in [1.165, 1.54) is 0 Å². The Balaban J connectivity index is 4.06. The van der Waals surface area contributed by atoms with Gasteiger partial charge in [-0.15, -0.1) is 0 Å². The van der Waals surface area contributed by atoms with E-state index in [1.54, 1.807) is 26.0 Å². The molecule has 0 fully saturated rings. The lowest BCUT2D eigenvalue weighted by atomic mass is 10.1. The number of rotatable bonds is 3. The van der Waals surface area contributed by atoms with Crippen LogP contribution in [0.2, 0.25) is 0 Å². The predicted molar refractivity (Wildman–Crippen MR) is 49.4 cm³/mol. The van der Waals surface area contributed by atoms with Crippen LogP contribution in [0.3, 0.4) is 0 Å². The van der Waals surface area contributed by atoms with E-state index in [9.17, 15) is 5.11 Å². The molecule has 0 aromatic carbocycles. The third kappa shape index (κ3) is 7.07. The van der Waals surface area contributed by atoms with Crippen LogP contribution in [-0.2, 0) is 0 Å². The normalized spacial score (nSPS) is 14.0. The maximum absolute atomic E-state index is 9.26. The van der Waals surface area contributed by atoms with Crippen molar-refractivity contribution in [2.24, 2.45) is 0 Å². The largest absolute Gasteiger partial charge is 0.386 e. The summed E-state index contributed by atoms with van der Waals surface area (Å²) in [5.41, 5.74) is 0.364. The summed E-state index contributed by atoms with van der Waals surface area (Å²) in [6.07, 6.45) is 7.25. The minimum atomic E-state index is -0.724. The summed E-state index contributed by atoms with van der Waals surface area (Å²) in [5, 5.41) is 9.26. The molecule has 1 nitrogen and oxygen atoms in total. The van der Waals surface area contributed by atoms with Gasteiger partial charge in [0, 0.05) is 0 Å². The Hall–Kier alpha value is -0.820. The molecule has 0 aliphatic heterocycles. The van der Waals surface area contributed by atoms with Crippen molar-refractivity contribution in [3.63, 3.8) is 0 Å². The van der Waals surface area contributed by atoms with Gasteiger partial charge in [0.2, 0.25) is 0 Å². The summed E-state index contributed by atoms with van der Waals surface area (Å²) in [6.45, 7) is 9.04. The van der Waals surface area contributed by atoms with Crippen LogP contribution in [0.25, 0.3) is 0 Å². The van der Waals surface area contributed by atoms with E-state index in [1.807, 2.05) is 19.1 Å². The van der Waals surface area contributed by atoms with Crippen LogP contribution in [0.15, 0.2) is 36.5 Å².